The molecule has 0 aromatic carbocycles. The Balaban J connectivity index is 2.08. The second-order valence-electron chi connectivity index (χ2n) is 4.16. The first-order chi connectivity index (χ1) is 8.97. The first-order valence-corrected chi connectivity index (χ1v) is 5.66. The molecule has 1 aromatic rings. The zero-order valence-electron chi connectivity index (χ0n) is 10.2. The molecule has 1 fully saturated rings. The summed E-state index contributed by atoms with van der Waals surface area (Å²) >= 11 is 0. The minimum absolute atomic E-state index is 0.0341. The fraction of sp³-hybridized carbons (Fsp3) is 0.364. The van der Waals surface area contributed by atoms with Gasteiger partial charge in [-0.25, -0.2) is 4.68 Å². The summed E-state index contributed by atoms with van der Waals surface area (Å²) < 4.78 is 1.03. The van der Waals surface area contributed by atoms with Crippen molar-refractivity contribution in [1.82, 2.24) is 20.4 Å². The van der Waals surface area contributed by atoms with Crippen molar-refractivity contribution in [2.24, 2.45) is 7.05 Å². The molecule has 100 valence electrons. The van der Waals surface area contributed by atoms with Crippen LogP contribution in [-0.4, -0.2) is 33.5 Å². The molecule has 0 bridgehead atoms. The van der Waals surface area contributed by atoms with Crippen LogP contribution in [0.4, 0.5) is 0 Å². The number of nitrogens with one attached hydrogen (secondary N) is 2. The van der Waals surface area contributed by atoms with Crippen LogP contribution in [0.3, 0.4) is 0 Å². The van der Waals surface area contributed by atoms with Crippen molar-refractivity contribution in [2.45, 2.75) is 18.9 Å². The number of aryl methyl sites for hydroxylation is 1. The lowest BCUT2D eigenvalue weighted by molar-refractivity contribution is -0.134. The van der Waals surface area contributed by atoms with E-state index in [1.807, 2.05) is 0 Å². The molecule has 0 saturated carbocycles. The largest absolute Gasteiger partial charge is 0.339 e. The Labute approximate surface area is 107 Å². The number of carbonyl (C=O) groups is 3. The van der Waals surface area contributed by atoms with E-state index in [1.165, 1.54) is 19.2 Å². The van der Waals surface area contributed by atoms with Crippen molar-refractivity contribution < 1.29 is 14.4 Å². The normalized spacial score (nSPS) is 18.9. The van der Waals surface area contributed by atoms with Gasteiger partial charge in [-0.3, -0.25) is 24.5 Å². The maximum atomic E-state index is 11.8. The second-order valence-corrected chi connectivity index (χ2v) is 4.16. The van der Waals surface area contributed by atoms with E-state index in [0.29, 0.717) is 0 Å². The number of amides is 3. The second kappa shape index (κ2) is 5.01. The summed E-state index contributed by atoms with van der Waals surface area (Å²) in [5.41, 5.74) is -0.302. The first kappa shape index (κ1) is 12.9. The van der Waals surface area contributed by atoms with Gasteiger partial charge in [0.15, 0.2) is 0 Å². The number of hydrogen-bond donors (Lipinski definition) is 2. The van der Waals surface area contributed by atoms with Gasteiger partial charge in [0.05, 0.1) is 0 Å². The Hall–Kier alpha value is -2.51. The highest BCUT2D eigenvalue weighted by Crippen LogP contribution is 2.05. The first-order valence-electron chi connectivity index (χ1n) is 5.66. The predicted molar refractivity (Wildman–Crippen MR) is 63.1 cm³/mol. The number of piperidine rings is 1. The Morgan fingerprint density at radius 3 is 2.79 bits per heavy atom. The zero-order valence-corrected chi connectivity index (χ0v) is 10.2. The molecular formula is C11H12N4O4. The van der Waals surface area contributed by atoms with Crippen LogP contribution in [0.1, 0.15) is 23.3 Å². The van der Waals surface area contributed by atoms with Crippen molar-refractivity contribution in [3.05, 3.63) is 28.2 Å². The van der Waals surface area contributed by atoms with Gasteiger partial charge in [0, 0.05) is 19.5 Å². The molecule has 8 heteroatoms. The van der Waals surface area contributed by atoms with E-state index in [4.69, 9.17) is 0 Å². The summed E-state index contributed by atoms with van der Waals surface area (Å²) in [6.07, 6.45) is 0.430. The van der Waals surface area contributed by atoms with Crippen LogP contribution >= 0.6 is 0 Å². The Kier molecular flexibility index (Phi) is 3.41. The van der Waals surface area contributed by atoms with Gasteiger partial charge in [0.2, 0.25) is 11.8 Å². The van der Waals surface area contributed by atoms with Crippen LogP contribution < -0.4 is 16.2 Å². The topological polar surface area (TPSA) is 110 Å². The van der Waals surface area contributed by atoms with Gasteiger partial charge in [-0.2, -0.15) is 5.10 Å². The summed E-state index contributed by atoms with van der Waals surface area (Å²) in [6.45, 7) is 0. The molecule has 1 aromatic heterocycles. The Bertz CT molecular complexity index is 607. The summed E-state index contributed by atoms with van der Waals surface area (Å²) in [5.74, 6) is -1.45. The highest BCUT2D eigenvalue weighted by Gasteiger charge is 2.28. The molecule has 1 aliphatic heterocycles. The van der Waals surface area contributed by atoms with Crippen molar-refractivity contribution in [2.75, 3.05) is 0 Å². The Morgan fingerprint density at radius 2 is 2.16 bits per heavy atom. The SMILES string of the molecule is Cn1nc(C(=O)NC2CCC(=O)NC2=O)ccc1=O. The maximum Gasteiger partial charge on any atom is 0.272 e. The molecule has 1 unspecified atom stereocenters. The molecule has 19 heavy (non-hydrogen) atoms. The maximum absolute atomic E-state index is 11.8. The van der Waals surface area contributed by atoms with Gasteiger partial charge in [0.25, 0.3) is 11.5 Å². The number of carbonyl (C=O) groups excluding carboxylic acids is 3. The smallest absolute Gasteiger partial charge is 0.272 e. The van der Waals surface area contributed by atoms with Crippen molar-refractivity contribution >= 4 is 17.7 Å². The molecule has 8 nitrogen and oxygen atoms in total. The molecule has 1 aliphatic rings. The number of nitrogens with zero attached hydrogens (tertiary/aromatic N) is 2. The highest BCUT2D eigenvalue weighted by atomic mass is 16.2. The molecule has 1 saturated heterocycles. The molecule has 1 atom stereocenters. The Morgan fingerprint density at radius 1 is 1.42 bits per heavy atom. The number of hydrogen-bond acceptors (Lipinski definition) is 5. The van der Waals surface area contributed by atoms with Gasteiger partial charge in [-0.15, -0.1) is 0 Å². The lowest BCUT2D eigenvalue weighted by Gasteiger charge is -2.21. The predicted octanol–water partition coefficient (Wildman–Crippen LogP) is -1.68. The van der Waals surface area contributed by atoms with Crippen LogP contribution in [0, 0.1) is 0 Å². The summed E-state index contributed by atoms with van der Waals surface area (Å²) in [5, 5.41) is 8.38. The lowest BCUT2D eigenvalue weighted by atomic mass is 10.1. The van der Waals surface area contributed by atoms with Crippen LogP contribution in [0.5, 0.6) is 0 Å². The van der Waals surface area contributed by atoms with E-state index >= 15 is 0 Å². The average molecular weight is 264 g/mol. The van der Waals surface area contributed by atoms with E-state index in [9.17, 15) is 19.2 Å². The summed E-state index contributed by atoms with van der Waals surface area (Å²) in [6, 6.07) is 1.74. The average Bonchev–Trinajstić information content (AvgIpc) is 2.36. The minimum Gasteiger partial charge on any atom is -0.339 e. The van der Waals surface area contributed by atoms with Crippen molar-refractivity contribution in [3.8, 4) is 0 Å². The molecule has 2 N–H and O–H groups in total. The zero-order chi connectivity index (χ0) is 14.0. The fourth-order valence-corrected chi connectivity index (χ4v) is 1.69. The van der Waals surface area contributed by atoms with Crippen molar-refractivity contribution in [3.63, 3.8) is 0 Å². The number of aromatic nitrogens is 2. The highest BCUT2D eigenvalue weighted by molar-refractivity contribution is 6.03. The lowest BCUT2D eigenvalue weighted by Crippen LogP contribution is -2.52. The van der Waals surface area contributed by atoms with E-state index in [2.05, 4.69) is 15.7 Å². The fourth-order valence-electron chi connectivity index (χ4n) is 1.69. The third kappa shape index (κ3) is 2.84. The third-order valence-electron chi connectivity index (χ3n) is 2.74. The van der Waals surface area contributed by atoms with Crippen molar-refractivity contribution in [1.29, 1.82) is 0 Å². The molecule has 0 spiro atoms. The van der Waals surface area contributed by atoms with E-state index in [1.54, 1.807) is 0 Å². The van der Waals surface area contributed by atoms with Crippen LogP contribution in [-0.2, 0) is 16.6 Å². The summed E-state index contributed by atoms with van der Waals surface area (Å²) in [4.78, 5) is 45.4. The van der Waals surface area contributed by atoms with Gasteiger partial charge < -0.3 is 5.32 Å². The van der Waals surface area contributed by atoms with E-state index < -0.39 is 17.9 Å². The van der Waals surface area contributed by atoms with E-state index in [-0.39, 0.29) is 30.0 Å². The minimum atomic E-state index is -0.760. The van der Waals surface area contributed by atoms with Crippen LogP contribution in [0.25, 0.3) is 0 Å². The standard InChI is InChI=1S/C11H12N4O4/c1-15-9(17)5-3-7(14-15)11(19)12-6-2-4-8(16)13-10(6)18/h3,5-6H,2,4H2,1H3,(H,12,19)(H,13,16,18). The molecule has 0 aliphatic carbocycles. The number of rotatable bonds is 2. The molecular weight excluding hydrogens is 252 g/mol. The molecule has 3 amide bonds. The number of imide groups is 1. The van der Waals surface area contributed by atoms with Gasteiger partial charge in [-0.05, 0) is 12.5 Å². The van der Waals surface area contributed by atoms with Crippen LogP contribution in [0.2, 0.25) is 0 Å². The van der Waals surface area contributed by atoms with Gasteiger partial charge in [0.1, 0.15) is 11.7 Å². The molecule has 2 heterocycles. The monoisotopic (exact) mass is 264 g/mol. The van der Waals surface area contributed by atoms with Gasteiger partial charge >= 0.3 is 0 Å². The van der Waals surface area contributed by atoms with Gasteiger partial charge in [-0.1, -0.05) is 0 Å². The quantitative estimate of drug-likeness (QED) is 0.620. The summed E-state index contributed by atoms with van der Waals surface area (Å²) in [7, 11) is 1.42. The molecule has 0 radical (unpaired) electrons. The third-order valence-corrected chi connectivity index (χ3v) is 2.74. The molecule has 2 rings (SSSR count). The van der Waals surface area contributed by atoms with E-state index in [0.717, 1.165) is 4.68 Å². The van der Waals surface area contributed by atoms with Crippen LogP contribution in [0.15, 0.2) is 16.9 Å².